The second-order valence-electron chi connectivity index (χ2n) is 6.78. The molecule has 4 rings (SSSR count). The Hall–Kier alpha value is -1.94. The van der Waals surface area contributed by atoms with Crippen molar-refractivity contribution in [1.29, 1.82) is 0 Å². The molecule has 0 unspecified atom stereocenters. The third-order valence-electron chi connectivity index (χ3n) is 5.08. The standard InChI is InChI=1S/C19H23N3O4S2/c23-19(21-8-6-20(7-9-21)16-4-2-1-3-5-16)18-14-17(15-27-18)28(24,25)22-10-12-26-13-11-22/h1-5,14-15H,6-13H2. The van der Waals surface area contributed by atoms with Crippen molar-refractivity contribution >= 4 is 33.0 Å². The van der Waals surface area contributed by atoms with Gasteiger partial charge in [-0.3, -0.25) is 4.79 Å². The molecule has 2 aliphatic rings. The van der Waals surface area contributed by atoms with Gasteiger partial charge >= 0.3 is 0 Å². The molecule has 2 aromatic rings. The molecule has 2 fully saturated rings. The zero-order valence-corrected chi connectivity index (χ0v) is 17.1. The molecule has 0 atom stereocenters. The summed E-state index contributed by atoms with van der Waals surface area (Å²) < 4.78 is 32.1. The summed E-state index contributed by atoms with van der Waals surface area (Å²) in [6.45, 7) is 4.28. The molecule has 150 valence electrons. The van der Waals surface area contributed by atoms with E-state index in [-0.39, 0.29) is 10.8 Å². The normalized spacial score (nSPS) is 19.0. The third-order valence-corrected chi connectivity index (χ3v) is 8.03. The molecule has 0 bridgehead atoms. The van der Waals surface area contributed by atoms with Crippen molar-refractivity contribution in [2.45, 2.75) is 4.90 Å². The van der Waals surface area contributed by atoms with Crippen molar-refractivity contribution in [3.05, 3.63) is 46.7 Å². The fourth-order valence-electron chi connectivity index (χ4n) is 3.46. The molecule has 2 saturated heterocycles. The van der Waals surface area contributed by atoms with Gasteiger partial charge < -0.3 is 14.5 Å². The number of piperazine rings is 1. The number of morpholine rings is 1. The lowest BCUT2D eigenvalue weighted by Crippen LogP contribution is -2.48. The fraction of sp³-hybridized carbons (Fsp3) is 0.421. The van der Waals surface area contributed by atoms with Crippen LogP contribution in [0.3, 0.4) is 0 Å². The van der Waals surface area contributed by atoms with E-state index in [1.165, 1.54) is 21.7 Å². The van der Waals surface area contributed by atoms with Crippen molar-refractivity contribution in [3.8, 4) is 0 Å². The van der Waals surface area contributed by atoms with Crippen molar-refractivity contribution in [1.82, 2.24) is 9.21 Å². The number of rotatable bonds is 4. The SMILES string of the molecule is O=C(c1cc(S(=O)(=O)N2CCOCC2)cs1)N1CCN(c2ccccc2)CC1. The van der Waals surface area contributed by atoms with Crippen LogP contribution in [-0.2, 0) is 14.8 Å². The molecular formula is C19H23N3O4S2. The predicted octanol–water partition coefficient (Wildman–Crippen LogP) is 1.73. The third kappa shape index (κ3) is 3.93. The Morgan fingerprint density at radius 2 is 1.64 bits per heavy atom. The topological polar surface area (TPSA) is 70.2 Å². The van der Waals surface area contributed by atoms with Gasteiger partial charge in [0.05, 0.1) is 23.0 Å². The van der Waals surface area contributed by atoms with E-state index < -0.39 is 10.0 Å². The summed E-state index contributed by atoms with van der Waals surface area (Å²) in [5.74, 6) is -0.0962. The highest BCUT2D eigenvalue weighted by molar-refractivity contribution is 7.89. The average Bonchev–Trinajstić information content (AvgIpc) is 3.26. The molecule has 28 heavy (non-hydrogen) atoms. The number of carbonyl (C=O) groups is 1. The maximum absolute atomic E-state index is 12.8. The zero-order valence-electron chi connectivity index (χ0n) is 15.5. The Morgan fingerprint density at radius 1 is 0.964 bits per heavy atom. The van der Waals surface area contributed by atoms with Crippen LogP contribution in [0.2, 0.25) is 0 Å². The van der Waals surface area contributed by atoms with Crippen molar-refractivity contribution in [3.63, 3.8) is 0 Å². The van der Waals surface area contributed by atoms with Crippen LogP contribution in [0.25, 0.3) is 0 Å². The quantitative estimate of drug-likeness (QED) is 0.752. The van der Waals surface area contributed by atoms with Crippen LogP contribution in [0.5, 0.6) is 0 Å². The van der Waals surface area contributed by atoms with Crippen molar-refractivity contribution < 1.29 is 17.9 Å². The second-order valence-corrected chi connectivity index (χ2v) is 9.63. The Balaban J connectivity index is 1.41. The maximum atomic E-state index is 12.8. The van der Waals surface area contributed by atoms with Crippen molar-refractivity contribution in [2.75, 3.05) is 57.4 Å². The van der Waals surface area contributed by atoms with Gasteiger partial charge in [0.1, 0.15) is 0 Å². The highest BCUT2D eigenvalue weighted by atomic mass is 32.2. The van der Waals surface area contributed by atoms with E-state index in [2.05, 4.69) is 17.0 Å². The number of ether oxygens (including phenoxy) is 1. The maximum Gasteiger partial charge on any atom is 0.264 e. The summed E-state index contributed by atoms with van der Waals surface area (Å²) in [6, 6.07) is 11.7. The molecule has 3 heterocycles. The summed E-state index contributed by atoms with van der Waals surface area (Å²) in [6.07, 6.45) is 0. The number of nitrogens with zero attached hydrogens (tertiary/aromatic N) is 3. The summed E-state index contributed by atoms with van der Waals surface area (Å²) >= 11 is 1.20. The number of sulfonamides is 1. The molecule has 0 aliphatic carbocycles. The second kappa shape index (κ2) is 8.20. The highest BCUT2D eigenvalue weighted by Gasteiger charge is 2.29. The van der Waals surface area contributed by atoms with E-state index in [1.807, 2.05) is 18.2 Å². The minimum atomic E-state index is -3.57. The van der Waals surface area contributed by atoms with Crippen LogP contribution < -0.4 is 4.90 Å². The Morgan fingerprint density at radius 3 is 2.32 bits per heavy atom. The molecule has 0 spiro atoms. The number of amides is 1. The number of thiophene rings is 1. The van der Waals surface area contributed by atoms with Crippen LogP contribution in [0.15, 0.2) is 46.7 Å². The Labute approximate surface area is 169 Å². The summed E-state index contributed by atoms with van der Waals surface area (Å²) in [5.41, 5.74) is 1.16. The first-order valence-electron chi connectivity index (χ1n) is 9.31. The summed E-state index contributed by atoms with van der Waals surface area (Å²) in [4.78, 5) is 17.6. The largest absolute Gasteiger partial charge is 0.379 e. The molecule has 1 amide bonds. The molecule has 0 radical (unpaired) electrons. The molecule has 9 heteroatoms. The molecule has 0 saturated carbocycles. The van der Waals surface area contributed by atoms with E-state index in [9.17, 15) is 13.2 Å². The van der Waals surface area contributed by atoms with Gasteiger partial charge in [-0.1, -0.05) is 18.2 Å². The van der Waals surface area contributed by atoms with Gasteiger partial charge in [0.15, 0.2) is 0 Å². The lowest BCUT2D eigenvalue weighted by atomic mass is 10.2. The first-order chi connectivity index (χ1) is 13.6. The summed E-state index contributed by atoms with van der Waals surface area (Å²) in [5, 5.41) is 1.57. The molecule has 1 aromatic heterocycles. The van der Waals surface area contributed by atoms with Gasteiger partial charge in [-0.15, -0.1) is 11.3 Å². The van der Waals surface area contributed by atoms with E-state index in [0.29, 0.717) is 44.3 Å². The van der Waals surface area contributed by atoms with E-state index in [1.54, 1.807) is 10.3 Å². The number of hydrogen-bond acceptors (Lipinski definition) is 6. The van der Waals surface area contributed by atoms with Crippen LogP contribution in [-0.4, -0.2) is 76.0 Å². The van der Waals surface area contributed by atoms with Crippen molar-refractivity contribution in [2.24, 2.45) is 0 Å². The van der Waals surface area contributed by atoms with Gasteiger partial charge in [-0.25, -0.2) is 8.42 Å². The summed E-state index contributed by atoms with van der Waals surface area (Å²) in [7, 11) is -3.57. The number of anilines is 1. The van der Waals surface area contributed by atoms with E-state index in [0.717, 1.165) is 18.8 Å². The highest BCUT2D eigenvalue weighted by Crippen LogP contribution is 2.25. The first kappa shape index (κ1) is 19.4. The number of benzene rings is 1. The van der Waals surface area contributed by atoms with Crippen LogP contribution in [0, 0.1) is 0 Å². The minimum Gasteiger partial charge on any atom is -0.379 e. The molecule has 7 nitrogen and oxygen atoms in total. The van der Waals surface area contributed by atoms with Crippen LogP contribution >= 0.6 is 11.3 Å². The molecule has 1 aromatic carbocycles. The van der Waals surface area contributed by atoms with Gasteiger partial charge in [0.25, 0.3) is 5.91 Å². The molecular weight excluding hydrogens is 398 g/mol. The van der Waals surface area contributed by atoms with Gasteiger partial charge in [-0.05, 0) is 18.2 Å². The van der Waals surface area contributed by atoms with E-state index in [4.69, 9.17) is 4.74 Å². The van der Waals surface area contributed by atoms with Crippen LogP contribution in [0.1, 0.15) is 9.67 Å². The fourth-order valence-corrected chi connectivity index (χ4v) is 6.10. The predicted molar refractivity (Wildman–Crippen MR) is 108 cm³/mol. The lowest BCUT2D eigenvalue weighted by Gasteiger charge is -2.36. The van der Waals surface area contributed by atoms with Gasteiger partial charge in [0, 0.05) is 50.3 Å². The molecule has 2 aliphatic heterocycles. The van der Waals surface area contributed by atoms with Crippen LogP contribution in [0.4, 0.5) is 5.69 Å². The van der Waals surface area contributed by atoms with E-state index >= 15 is 0 Å². The molecule has 0 N–H and O–H groups in total. The first-order valence-corrected chi connectivity index (χ1v) is 11.6. The van der Waals surface area contributed by atoms with Gasteiger partial charge in [-0.2, -0.15) is 4.31 Å². The van der Waals surface area contributed by atoms with Gasteiger partial charge in [0.2, 0.25) is 10.0 Å². The Bertz CT molecular complexity index is 916. The number of hydrogen-bond donors (Lipinski definition) is 0. The monoisotopic (exact) mass is 421 g/mol. The minimum absolute atomic E-state index is 0.0962. The lowest BCUT2D eigenvalue weighted by molar-refractivity contribution is 0.0730. The average molecular weight is 422 g/mol. The zero-order chi connectivity index (χ0) is 19.6. The number of carbonyl (C=O) groups excluding carboxylic acids is 1. The number of para-hydroxylation sites is 1. The smallest absolute Gasteiger partial charge is 0.264 e. The Kier molecular flexibility index (Phi) is 5.68.